The van der Waals surface area contributed by atoms with Gasteiger partial charge in [-0.25, -0.2) is 9.97 Å². The number of ketones is 1. The molecule has 3 heterocycles. The predicted molar refractivity (Wildman–Crippen MR) is 94.7 cm³/mol. The Bertz CT molecular complexity index is 1050. The van der Waals surface area contributed by atoms with Gasteiger partial charge in [-0.05, 0) is 6.07 Å². The van der Waals surface area contributed by atoms with Crippen LogP contribution in [0.25, 0.3) is 17.0 Å². The van der Waals surface area contributed by atoms with E-state index in [9.17, 15) is 4.79 Å². The van der Waals surface area contributed by atoms with Crippen molar-refractivity contribution in [3.63, 3.8) is 0 Å². The summed E-state index contributed by atoms with van der Waals surface area (Å²) in [7, 11) is 1.69. The molecule has 0 spiro atoms. The van der Waals surface area contributed by atoms with Crippen LogP contribution < -0.4 is 0 Å². The minimum Gasteiger partial charge on any atom is -0.292 e. The fraction of sp³-hybridized carbons (Fsp3) is 0.111. The number of rotatable bonds is 4. The van der Waals surface area contributed by atoms with Gasteiger partial charge in [0, 0.05) is 25.0 Å². The zero-order valence-corrected chi connectivity index (χ0v) is 14.2. The van der Waals surface area contributed by atoms with Crippen molar-refractivity contribution >= 4 is 23.2 Å². The number of hydrogen-bond donors (Lipinski definition) is 0. The summed E-state index contributed by atoms with van der Waals surface area (Å²) >= 11 is 6.03. The van der Waals surface area contributed by atoms with Gasteiger partial charge in [0.05, 0.1) is 29.0 Å². The highest BCUT2D eigenvalue weighted by Gasteiger charge is 2.17. The highest BCUT2D eigenvalue weighted by atomic mass is 35.5. The van der Waals surface area contributed by atoms with Crippen LogP contribution in [-0.4, -0.2) is 29.9 Å². The van der Waals surface area contributed by atoms with Gasteiger partial charge in [0.15, 0.2) is 5.78 Å². The fourth-order valence-corrected chi connectivity index (χ4v) is 3.00. The molecule has 0 saturated heterocycles. The Morgan fingerprint density at radius 1 is 1.16 bits per heavy atom. The lowest BCUT2D eigenvalue weighted by Crippen LogP contribution is -2.11. The third kappa shape index (κ3) is 2.92. The largest absolute Gasteiger partial charge is 0.292 e. The summed E-state index contributed by atoms with van der Waals surface area (Å²) in [5, 5.41) is 4.34. The Morgan fingerprint density at radius 2 is 1.96 bits per heavy atom. The van der Waals surface area contributed by atoms with E-state index >= 15 is 0 Å². The molecule has 7 heteroatoms. The predicted octanol–water partition coefficient (Wildman–Crippen LogP) is 3.21. The normalized spacial score (nSPS) is 11.1. The number of halogens is 1. The van der Waals surface area contributed by atoms with E-state index in [-0.39, 0.29) is 12.2 Å². The van der Waals surface area contributed by atoms with Crippen molar-refractivity contribution < 1.29 is 4.79 Å². The number of imidazole rings is 1. The number of benzene rings is 1. The van der Waals surface area contributed by atoms with E-state index in [1.807, 2.05) is 53.2 Å². The van der Waals surface area contributed by atoms with Gasteiger partial charge in [-0.2, -0.15) is 5.10 Å². The monoisotopic (exact) mass is 351 g/mol. The average Bonchev–Trinajstić information content (AvgIpc) is 3.18. The van der Waals surface area contributed by atoms with E-state index in [4.69, 9.17) is 11.6 Å². The molecule has 0 saturated carbocycles. The molecule has 4 aromatic rings. The van der Waals surface area contributed by atoms with Gasteiger partial charge in [-0.15, -0.1) is 0 Å². The van der Waals surface area contributed by atoms with Gasteiger partial charge >= 0.3 is 0 Å². The van der Waals surface area contributed by atoms with Crippen LogP contribution in [0.1, 0.15) is 16.2 Å². The maximum atomic E-state index is 12.5. The molecule has 0 radical (unpaired) electrons. The standard InChI is InChI=1S/C18H14ClN5O/c1-23-17(14(19)10-20-23)16(25)9-13-7-8-24-11-15(22-18(24)21-13)12-5-3-2-4-6-12/h2-8,10-11H,9H2,1H3. The molecular formula is C18H14ClN5O. The van der Waals surface area contributed by atoms with Crippen LogP contribution in [0, 0.1) is 0 Å². The molecular weight excluding hydrogens is 338 g/mol. The summed E-state index contributed by atoms with van der Waals surface area (Å²) in [6.45, 7) is 0. The molecule has 0 amide bonds. The lowest BCUT2D eigenvalue weighted by Gasteiger charge is -2.02. The quantitative estimate of drug-likeness (QED) is 0.529. The van der Waals surface area contributed by atoms with Crippen molar-refractivity contribution in [3.05, 3.63) is 71.4 Å². The van der Waals surface area contributed by atoms with Crippen molar-refractivity contribution in [2.24, 2.45) is 7.05 Å². The number of aryl methyl sites for hydroxylation is 1. The minimum atomic E-state index is -0.128. The van der Waals surface area contributed by atoms with E-state index in [0.717, 1.165) is 11.3 Å². The number of hydrogen-bond acceptors (Lipinski definition) is 4. The van der Waals surface area contributed by atoms with Crippen LogP contribution in [-0.2, 0) is 13.5 Å². The smallest absolute Gasteiger partial charge is 0.234 e. The van der Waals surface area contributed by atoms with Gasteiger partial charge in [0.1, 0.15) is 5.69 Å². The van der Waals surface area contributed by atoms with Crippen LogP contribution in [0.4, 0.5) is 0 Å². The van der Waals surface area contributed by atoms with Crippen molar-refractivity contribution in [2.45, 2.75) is 6.42 Å². The number of nitrogens with zero attached hydrogens (tertiary/aromatic N) is 5. The van der Waals surface area contributed by atoms with Crippen LogP contribution in [0.2, 0.25) is 5.02 Å². The molecule has 0 unspecified atom stereocenters. The van der Waals surface area contributed by atoms with Gasteiger partial charge in [-0.1, -0.05) is 41.9 Å². The van der Waals surface area contributed by atoms with Crippen LogP contribution in [0.3, 0.4) is 0 Å². The molecule has 0 aliphatic heterocycles. The fourth-order valence-electron chi connectivity index (χ4n) is 2.73. The zero-order valence-electron chi connectivity index (χ0n) is 13.4. The summed E-state index contributed by atoms with van der Waals surface area (Å²) in [6.07, 6.45) is 5.38. The van der Waals surface area contributed by atoms with Crippen LogP contribution >= 0.6 is 11.6 Å². The number of aromatic nitrogens is 5. The van der Waals surface area contributed by atoms with E-state index in [1.165, 1.54) is 10.9 Å². The third-order valence-corrected chi connectivity index (χ3v) is 4.23. The summed E-state index contributed by atoms with van der Waals surface area (Å²) in [6, 6.07) is 11.7. The molecule has 0 aliphatic carbocycles. The molecule has 4 rings (SSSR count). The Hall–Kier alpha value is -2.99. The first-order chi connectivity index (χ1) is 12.1. The topological polar surface area (TPSA) is 65.1 Å². The Morgan fingerprint density at radius 3 is 2.68 bits per heavy atom. The molecule has 0 N–H and O–H groups in total. The second-order valence-corrected chi connectivity index (χ2v) is 6.09. The van der Waals surface area contributed by atoms with Crippen LogP contribution in [0.15, 0.2) is 55.0 Å². The van der Waals surface area contributed by atoms with Crippen LogP contribution in [0.5, 0.6) is 0 Å². The first-order valence-electron chi connectivity index (χ1n) is 7.72. The van der Waals surface area contributed by atoms with Gasteiger partial charge in [0.2, 0.25) is 5.78 Å². The van der Waals surface area contributed by atoms with Crippen molar-refractivity contribution in [2.75, 3.05) is 0 Å². The summed E-state index contributed by atoms with van der Waals surface area (Å²) in [5.41, 5.74) is 2.88. The molecule has 0 fully saturated rings. The zero-order chi connectivity index (χ0) is 17.4. The summed E-state index contributed by atoms with van der Waals surface area (Å²) in [5.74, 6) is 0.428. The molecule has 124 valence electrons. The molecule has 0 atom stereocenters. The maximum absolute atomic E-state index is 12.5. The Balaban J connectivity index is 1.64. The lowest BCUT2D eigenvalue weighted by atomic mass is 10.1. The van der Waals surface area contributed by atoms with Crippen molar-refractivity contribution in [3.8, 4) is 11.3 Å². The summed E-state index contributed by atoms with van der Waals surface area (Å²) < 4.78 is 3.32. The molecule has 0 bridgehead atoms. The maximum Gasteiger partial charge on any atom is 0.234 e. The Kier molecular flexibility index (Phi) is 3.82. The summed E-state index contributed by atoms with van der Waals surface area (Å²) in [4.78, 5) is 21.5. The first kappa shape index (κ1) is 15.5. The van der Waals surface area contributed by atoms with Crippen molar-refractivity contribution in [1.29, 1.82) is 0 Å². The molecule has 0 aliphatic rings. The van der Waals surface area contributed by atoms with Gasteiger partial charge in [0.25, 0.3) is 0 Å². The number of Topliss-reactive ketones (excluding diaryl/α,β-unsaturated/α-hetero) is 1. The Labute approximate surface area is 148 Å². The van der Waals surface area contributed by atoms with E-state index in [1.54, 1.807) is 7.05 Å². The van der Waals surface area contributed by atoms with E-state index < -0.39 is 0 Å². The van der Waals surface area contributed by atoms with Gasteiger partial charge < -0.3 is 0 Å². The van der Waals surface area contributed by atoms with E-state index in [2.05, 4.69) is 15.1 Å². The second kappa shape index (κ2) is 6.14. The first-order valence-corrected chi connectivity index (χ1v) is 8.10. The van der Waals surface area contributed by atoms with Gasteiger partial charge in [-0.3, -0.25) is 13.9 Å². The molecule has 3 aromatic heterocycles. The number of carbonyl (C=O) groups is 1. The van der Waals surface area contributed by atoms with Crippen molar-refractivity contribution in [1.82, 2.24) is 24.1 Å². The average molecular weight is 352 g/mol. The molecule has 25 heavy (non-hydrogen) atoms. The van der Waals surface area contributed by atoms with E-state index in [0.29, 0.717) is 22.2 Å². The third-order valence-electron chi connectivity index (χ3n) is 3.95. The number of fused-ring (bicyclic) bond motifs is 1. The molecule has 1 aromatic carbocycles. The molecule has 6 nitrogen and oxygen atoms in total. The minimum absolute atomic E-state index is 0.128. The number of carbonyl (C=O) groups excluding carboxylic acids is 1. The highest BCUT2D eigenvalue weighted by molar-refractivity contribution is 6.33. The SMILES string of the molecule is Cn1ncc(Cl)c1C(=O)Cc1ccn2cc(-c3ccccc3)nc2n1. The highest BCUT2D eigenvalue weighted by Crippen LogP contribution is 2.19. The second-order valence-electron chi connectivity index (χ2n) is 5.68. The lowest BCUT2D eigenvalue weighted by molar-refractivity contribution is 0.0983.